The summed E-state index contributed by atoms with van der Waals surface area (Å²) in [6.45, 7) is 1.36. The van der Waals surface area contributed by atoms with Gasteiger partial charge < -0.3 is 20.5 Å². The van der Waals surface area contributed by atoms with Gasteiger partial charge >= 0.3 is 12.2 Å². The van der Waals surface area contributed by atoms with E-state index in [1.807, 2.05) is 0 Å². The first-order valence-corrected chi connectivity index (χ1v) is 7.76. The minimum Gasteiger partial charge on any atom is -0.388 e. The number of urea groups is 1. The number of hydrogen-bond donors (Lipinski definition) is 3. The summed E-state index contributed by atoms with van der Waals surface area (Å²) in [5, 5.41) is 15.4. The Hall–Kier alpha value is -1.80. The molecule has 3 N–H and O–H groups in total. The lowest BCUT2D eigenvalue weighted by atomic mass is 9.94. The fraction of sp³-hybridized carbons (Fsp3) is 0.562. The Kier molecular flexibility index (Phi) is 6.06. The van der Waals surface area contributed by atoms with Gasteiger partial charge in [-0.15, -0.1) is 0 Å². The zero-order chi connectivity index (χ0) is 17.6. The molecular weight excluding hydrogens is 325 g/mol. The minimum atomic E-state index is -4.35. The van der Waals surface area contributed by atoms with Crippen molar-refractivity contribution in [2.45, 2.75) is 31.0 Å². The Morgan fingerprint density at radius 2 is 1.79 bits per heavy atom. The molecule has 0 saturated carbocycles. The maximum absolute atomic E-state index is 12.5. The molecule has 0 radical (unpaired) electrons. The lowest BCUT2D eigenvalue weighted by Gasteiger charge is -2.32. The molecule has 0 bridgehead atoms. The molecule has 0 unspecified atom stereocenters. The van der Waals surface area contributed by atoms with Gasteiger partial charge in [-0.1, -0.05) is 12.1 Å². The quantitative estimate of drug-likeness (QED) is 0.765. The SMILES string of the molecule is O=C(NCCc1ccc(C(F)(F)F)cc1)NCC1(O)CCOCC1. The molecule has 2 amide bonds. The lowest BCUT2D eigenvalue weighted by Crippen LogP contribution is -2.49. The molecule has 134 valence electrons. The fourth-order valence-electron chi connectivity index (χ4n) is 2.42. The summed E-state index contributed by atoms with van der Waals surface area (Å²) >= 11 is 0. The Balaban J connectivity index is 1.69. The van der Waals surface area contributed by atoms with Crippen LogP contribution in [0.5, 0.6) is 0 Å². The molecule has 1 fully saturated rings. The van der Waals surface area contributed by atoms with Crippen LogP contribution in [-0.4, -0.2) is 43.0 Å². The molecule has 0 spiro atoms. The van der Waals surface area contributed by atoms with Crippen molar-refractivity contribution in [1.29, 1.82) is 0 Å². The van der Waals surface area contributed by atoms with Crippen molar-refractivity contribution < 1.29 is 27.8 Å². The van der Waals surface area contributed by atoms with Gasteiger partial charge in [0.1, 0.15) is 0 Å². The highest BCUT2D eigenvalue weighted by atomic mass is 19.4. The molecule has 0 aromatic heterocycles. The molecular formula is C16H21F3N2O3. The number of amides is 2. The number of halogens is 3. The predicted octanol–water partition coefficient (Wildman–Crippen LogP) is 2.09. The van der Waals surface area contributed by atoms with Crippen LogP contribution in [0.3, 0.4) is 0 Å². The molecule has 1 aromatic rings. The van der Waals surface area contributed by atoms with Crippen molar-refractivity contribution in [3.05, 3.63) is 35.4 Å². The van der Waals surface area contributed by atoms with Crippen molar-refractivity contribution in [2.24, 2.45) is 0 Å². The lowest BCUT2D eigenvalue weighted by molar-refractivity contribution is -0.137. The summed E-state index contributed by atoms with van der Waals surface area (Å²) in [5.41, 5.74) is -0.934. The zero-order valence-electron chi connectivity index (χ0n) is 13.2. The third-order valence-electron chi connectivity index (χ3n) is 3.98. The van der Waals surface area contributed by atoms with E-state index >= 15 is 0 Å². The average molecular weight is 346 g/mol. The second-order valence-corrected chi connectivity index (χ2v) is 5.89. The number of rotatable bonds is 5. The van der Waals surface area contributed by atoms with Crippen LogP contribution in [0, 0.1) is 0 Å². The first-order valence-electron chi connectivity index (χ1n) is 7.76. The van der Waals surface area contributed by atoms with Crippen molar-refractivity contribution >= 4 is 6.03 Å². The molecule has 1 heterocycles. The van der Waals surface area contributed by atoms with Crippen molar-refractivity contribution in [1.82, 2.24) is 10.6 Å². The predicted molar refractivity (Wildman–Crippen MR) is 81.6 cm³/mol. The standard InChI is InChI=1S/C16H21F3N2O3/c17-16(18,19)13-3-1-12(2-4-13)5-8-20-14(22)21-11-15(23)6-9-24-10-7-15/h1-4,23H,5-11H2,(H2,20,21,22). The van der Waals surface area contributed by atoms with Crippen LogP contribution in [0.25, 0.3) is 0 Å². The van der Waals surface area contributed by atoms with Crippen LogP contribution < -0.4 is 10.6 Å². The molecule has 1 aliphatic rings. The third kappa shape index (κ3) is 5.68. The Morgan fingerprint density at radius 1 is 1.17 bits per heavy atom. The van der Waals surface area contributed by atoms with E-state index in [-0.39, 0.29) is 6.54 Å². The van der Waals surface area contributed by atoms with E-state index < -0.39 is 23.4 Å². The van der Waals surface area contributed by atoms with E-state index in [0.29, 0.717) is 44.6 Å². The summed E-state index contributed by atoms with van der Waals surface area (Å²) in [4.78, 5) is 11.7. The van der Waals surface area contributed by atoms with Gasteiger partial charge in [0, 0.05) is 39.1 Å². The second kappa shape index (κ2) is 7.85. The molecule has 24 heavy (non-hydrogen) atoms. The van der Waals surface area contributed by atoms with Crippen LogP contribution in [0.15, 0.2) is 24.3 Å². The Labute approximate surface area is 138 Å². The summed E-state index contributed by atoms with van der Waals surface area (Å²) in [5.74, 6) is 0. The maximum Gasteiger partial charge on any atom is 0.416 e. The van der Waals surface area contributed by atoms with Crippen molar-refractivity contribution in [3.63, 3.8) is 0 Å². The first kappa shape index (κ1) is 18.5. The molecule has 1 aromatic carbocycles. The monoisotopic (exact) mass is 346 g/mol. The van der Waals surface area contributed by atoms with Crippen LogP contribution >= 0.6 is 0 Å². The van der Waals surface area contributed by atoms with E-state index in [0.717, 1.165) is 12.1 Å². The molecule has 1 aliphatic heterocycles. The Bertz CT molecular complexity index is 540. The van der Waals surface area contributed by atoms with Gasteiger partial charge in [-0.25, -0.2) is 4.79 Å². The largest absolute Gasteiger partial charge is 0.416 e. The third-order valence-corrected chi connectivity index (χ3v) is 3.98. The number of hydrogen-bond acceptors (Lipinski definition) is 3. The van der Waals surface area contributed by atoms with Crippen molar-refractivity contribution in [3.8, 4) is 0 Å². The zero-order valence-corrected chi connectivity index (χ0v) is 13.2. The van der Waals surface area contributed by atoms with Crippen LogP contribution in [0.1, 0.15) is 24.0 Å². The highest BCUT2D eigenvalue weighted by Gasteiger charge is 2.30. The van der Waals surface area contributed by atoms with E-state index in [4.69, 9.17) is 4.74 Å². The van der Waals surface area contributed by atoms with Crippen molar-refractivity contribution in [2.75, 3.05) is 26.3 Å². The molecule has 8 heteroatoms. The van der Waals surface area contributed by atoms with Gasteiger partial charge in [-0.05, 0) is 24.1 Å². The van der Waals surface area contributed by atoms with E-state index in [1.54, 1.807) is 0 Å². The number of carbonyl (C=O) groups is 1. The number of alkyl halides is 3. The molecule has 0 atom stereocenters. The minimum absolute atomic E-state index is 0.141. The first-order chi connectivity index (χ1) is 11.3. The Morgan fingerprint density at radius 3 is 2.38 bits per heavy atom. The van der Waals surface area contributed by atoms with E-state index in [9.17, 15) is 23.1 Å². The van der Waals surface area contributed by atoms with Crippen LogP contribution in [-0.2, 0) is 17.3 Å². The number of ether oxygens (including phenoxy) is 1. The average Bonchev–Trinajstić information content (AvgIpc) is 2.53. The summed E-state index contributed by atoms with van der Waals surface area (Å²) in [7, 11) is 0. The molecule has 5 nitrogen and oxygen atoms in total. The van der Waals surface area contributed by atoms with Gasteiger partial charge in [0.25, 0.3) is 0 Å². The van der Waals surface area contributed by atoms with E-state index in [2.05, 4.69) is 10.6 Å². The summed E-state index contributed by atoms with van der Waals surface area (Å²) in [6.07, 6.45) is -2.98. The number of aliphatic hydroxyl groups is 1. The number of carbonyl (C=O) groups excluding carboxylic acids is 1. The number of benzene rings is 1. The van der Waals surface area contributed by atoms with Gasteiger partial charge in [0.2, 0.25) is 0 Å². The van der Waals surface area contributed by atoms with Gasteiger partial charge in [0.15, 0.2) is 0 Å². The van der Waals surface area contributed by atoms with Gasteiger partial charge in [-0.2, -0.15) is 13.2 Å². The highest BCUT2D eigenvalue weighted by Crippen LogP contribution is 2.29. The summed E-state index contributed by atoms with van der Waals surface area (Å²) in [6, 6.07) is 4.42. The normalized spacial score (nSPS) is 17.3. The van der Waals surface area contributed by atoms with Gasteiger partial charge in [-0.3, -0.25) is 0 Å². The van der Waals surface area contributed by atoms with Gasteiger partial charge in [0.05, 0.1) is 11.2 Å². The van der Waals surface area contributed by atoms with Crippen LogP contribution in [0.4, 0.5) is 18.0 Å². The highest BCUT2D eigenvalue weighted by molar-refractivity contribution is 5.73. The molecule has 0 aliphatic carbocycles. The smallest absolute Gasteiger partial charge is 0.388 e. The van der Waals surface area contributed by atoms with Crippen LogP contribution in [0.2, 0.25) is 0 Å². The molecule has 2 rings (SSSR count). The molecule has 1 saturated heterocycles. The summed E-state index contributed by atoms with van der Waals surface area (Å²) < 4.78 is 42.5. The fourth-order valence-corrected chi connectivity index (χ4v) is 2.42. The second-order valence-electron chi connectivity index (χ2n) is 5.89. The van der Waals surface area contributed by atoms with E-state index in [1.165, 1.54) is 12.1 Å². The number of nitrogens with one attached hydrogen (secondary N) is 2. The maximum atomic E-state index is 12.5. The topological polar surface area (TPSA) is 70.6 Å².